The molecule has 0 aliphatic carbocycles. The van der Waals surface area contributed by atoms with Crippen LogP contribution in [0.4, 0.5) is 0 Å². The quantitative estimate of drug-likeness (QED) is 0.313. The number of hydrogen-bond acceptors (Lipinski definition) is 0. The van der Waals surface area contributed by atoms with Crippen LogP contribution in [0.1, 0.15) is 34.6 Å². The molecule has 0 N–H and O–H groups in total. The molecular weight excluding hydrogens is 348 g/mol. The van der Waals surface area contributed by atoms with Crippen molar-refractivity contribution in [2.75, 3.05) is 0 Å². The zero-order chi connectivity index (χ0) is 19.7. The van der Waals surface area contributed by atoms with Crippen molar-refractivity contribution in [2.24, 2.45) is 0 Å². The van der Waals surface area contributed by atoms with Crippen LogP contribution in [0.2, 0.25) is 0 Å². The largest absolute Gasteiger partial charge is 0.0754 e. The maximum atomic E-state index is 2.42. The van der Waals surface area contributed by atoms with Crippen LogP contribution in [0.25, 0.3) is 5.57 Å². The molecule has 0 fully saturated rings. The molecule has 0 spiro atoms. The van der Waals surface area contributed by atoms with Crippen molar-refractivity contribution >= 4 is 5.57 Å². The molecule has 0 bridgehead atoms. The van der Waals surface area contributed by atoms with Gasteiger partial charge in [-0.05, 0) is 46.6 Å². The minimum atomic E-state index is 0.445. The zero-order valence-electron chi connectivity index (χ0n) is 16.6. The Kier molecular flexibility index (Phi) is 6.34. The second kappa shape index (κ2) is 9.71. The summed E-state index contributed by atoms with van der Waals surface area (Å²) in [5.74, 6) is 0.445. The summed E-state index contributed by atoms with van der Waals surface area (Å²) in [7, 11) is 0. The molecule has 142 valence electrons. The van der Waals surface area contributed by atoms with Crippen molar-refractivity contribution in [1.82, 2.24) is 0 Å². The van der Waals surface area contributed by atoms with Gasteiger partial charge in [-0.25, -0.2) is 0 Å². The van der Waals surface area contributed by atoms with E-state index in [1.54, 1.807) is 0 Å². The molecule has 4 rings (SSSR count). The van der Waals surface area contributed by atoms with Crippen LogP contribution >= 0.6 is 0 Å². The van der Waals surface area contributed by atoms with Gasteiger partial charge in [-0.3, -0.25) is 0 Å². The average molecular weight is 375 g/mol. The van der Waals surface area contributed by atoms with E-state index < -0.39 is 0 Å². The summed E-state index contributed by atoms with van der Waals surface area (Å²) in [4.78, 5) is 0. The number of benzene rings is 4. The second-order valence-corrected chi connectivity index (χ2v) is 7.38. The van der Waals surface area contributed by atoms with Gasteiger partial charge in [0.1, 0.15) is 0 Å². The predicted molar refractivity (Wildman–Crippen MR) is 124 cm³/mol. The van der Waals surface area contributed by atoms with Gasteiger partial charge in [0.25, 0.3) is 0 Å². The van der Waals surface area contributed by atoms with Crippen molar-refractivity contribution in [3.05, 3.63) is 150 Å². The lowest BCUT2D eigenvalue weighted by Crippen LogP contribution is -2.03. The fourth-order valence-electron chi connectivity index (χ4n) is 3.86. The molecule has 0 amide bonds. The van der Waals surface area contributed by atoms with Crippen molar-refractivity contribution < 1.29 is 0 Å². The van der Waals surface area contributed by atoms with Gasteiger partial charge in [-0.2, -0.15) is 0 Å². The van der Waals surface area contributed by atoms with E-state index in [1.807, 2.05) is 0 Å². The van der Waals surface area contributed by atoms with Crippen molar-refractivity contribution in [3.63, 3.8) is 0 Å². The van der Waals surface area contributed by atoms with Crippen molar-refractivity contribution in [2.45, 2.75) is 18.8 Å². The van der Waals surface area contributed by atoms with Crippen LogP contribution in [0, 0.1) is 0 Å². The van der Waals surface area contributed by atoms with Crippen LogP contribution in [0.5, 0.6) is 0 Å². The molecular formula is C29H26. The molecule has 0 nitrogen and oxygen atoms in total. The summed E-state index contributed by atoms with van der Waals surface area (Å²) < 4.78 is 0. The third-order valence-corrected chi connectivity index (χ3v) is 5.37. The summed E-state index contributed by atoms with van der Waals surface area (Å²) in [5.41, 5.74) is 6.62. The molecule has 0 saturated carbocycles. The minimum Gasteiger partial charge on any atom is -0.0754 e. The molecule has 4 aromatic carbocycles. The Morgan fingerprint density at radius 2 is 1.00 bits per heavy atom. The Labute approximate surface area is 174 Å². The molecule has 1 unspecified atom stereocenters. The van der Waals surface area contributed by atoms with Crippen LogP contribution in [-0.2, 0) is 6.42 Å². The highest BCUT2D eigenvalue weighted by Crippen LogP contribution is 2.29. The Balaban J connectivity index is 1.68. The van der Waals surface area contributed by atoms with Gasteiger partial charge >= 0.3 is 0 Å². The average Bonchev–Trinajstić information content (AvgIpc) is 2.81. The van der Waals surface area contributed by atoms with Gasteiger partial charge < -0.3 is 0 Å². The minimum absolute atomic E-state index is 0.445. The summed E-state index contributed by atoms with van der Waals surface area (Å²) in [5, 5.41) is 0. The van der Waals surface area contributed by atoms with Gasteiger partial charge in [-0.1, -0.05) is 127 Å². The van der Waals surface area contributed by atoms with E-state index in [1.165, 1.54) is 27.8 Å². The standard InChI is InChI=1S/C29H26/c1-5-13-24(14-6-1)23-28(25-15-7-2-8-16-25)21-22-29(26-17-9-3-10-18-26)27-19-11-4-12-20-27/h1-20,22,28H,21,23H2. The zero-order valence-corrected chi connectivity index (χ0v) is 16.6. The molecule has 0 heterocycles. The topological polar surface area (TPSA) is 0 Å². The number of allylic oxidation sites excluding steroid dienone is 1. The van der Waals surface area contributed by atoms with Crippen LogP contribution in [-0.4, -0.2) is 0 Å². The molecule has 0 aromatic heterocycles. The van der Waals surface area contributed by atoms with E-state index in [0.29, 0.717) is 5.92 Å². The molecule has 0 heteroatoms. The number of hydrogen-bond donors (Lipinski definition) is 0. The van der Waals surface area contributed by atoms with Gasteiger partial charge in [0.2, 0.25) is 0 Å². The molecule has 4 aromatic rings. The fraction of sp³-hybridized carbons (Fsp3) is 0.103. The van der Waals surface area contributed by atoms with Gasteiger partial charge in [-0.15, -0.1) is 0 Å². The number of rotatable bonds is 7. The van der Waals surface area contributed by atoms with Crippen molar-refractivity contribution in [3.8, 4) is 0 Å². The lowest BCUT2D eigenvalue weighted by molar-refractivity contribution is 0.696. The first-order valence-corrected chi connectivity index (χ1v) is 10.3. The molecule has 29 heavy (non-hydrogen) atoms. The maximum Gasteiger partial charge on any atom is -0.00866 e. The Morgan fingerprint density at radius 3 is 1.52 bits per heavy atom. The SMILES string of the molecule is C(CC(Cc1ccccc1)c1ccccc1)=C(c1ccccc1)c1ccccc1. The summed E-state index contributed by atoms with van der Waals surface area (Å²) in [6, 6.07) is 43.1. The van der Waals surface area contributed by atoms with Crippen LogP contribution < -0.4 is 0 Å². The third-order valence-electron chi connectivity index (χ3n) is 5.37. The first kappa shape index (κ1) is 19.0. The summed E-state index contributed by atoms with van der Waals surface area (Å²) in [6.07, 6.45) is 4.46. The maximum absolute atomic E-state index is 2.42. The first-order chi connectivity index (χ1) is 14.4. The van der Waals surface area contributed by atoms with Crippen LogP contribution in [0.15, 0.2) is 127 Å². The second-order valence-electron chi connectivity index (χ2n) is 7.38. The summed E-state index contributed by atoms with van der Waals surface area (Å²) >= 11 is 0. The van der Waals surface area contributed by atoms with E-state index in [0.717, 1.165) is 12.8 Å². The smallest absolute Gasteiger partial charge is 0.00866 e. The monoisotopic (exact) mass is 374 g/mol. The van der Waals surface area contributed by atoms with Gasteiger partial charge in [0.15, 0.2) is 0 Å². The van der Waals surface area contributed by atoms with Gasteiger partial charge in [0, 0.05) is 0 Å². The van der Waals surface area contributed by atoms with Crippen molar-refractivity contribution in [1.29, 1.82) is 0 Å². The highest BCUT2D eigenvalue weighted by molar-refractivity contribution is 5.79. The van der Waals surface area contributed by atoms with Crippen LogP contribution in [0.3, 0.4) is 0 Å². The highest BCUT2D eigenvalue weighted by Gasteiger charge is 2.13. The Morgan fingerprint density at radius 1 is 0.552 bits per heavy atom. The van der Waals surface area contributed by atoms with E-state index in [4.69, 9.17) is 0 Å². The van der Waals surface area contributed by atoms with Gasteiger partial charge in [0.05, 0.1) is 0 Å². The lowest BCUT2D eigenvalue weighted by Gasteiger charge is -2.17. The first-order valence-electron chi connectivity index (χ1n) is 10.3. The van der Waals surface area contributed by atoms with E-state index in [2.05, 4.69) is 127 Å². The predicted octanol–water partition coefficient (Wildman–Crippen LogP) is 7.53. The van der Waals surface area contributed by atoms with E-state index in [-0.39, 0.29) is 0 Å². The Hall–Kier alpha value is -3.38. The lowest BCUT2D eigenvalue weighted by atomic mass is 9.87. The van der Waals surface area contributed by atoms with E-state index in [9.17, 15) is 0 Å². The highest BCUT2D eigenvalue weighted by atomic mass is 14.2. The molecule has 0 radical (unpaired) electrons. The molecule has 0 saturated heterocycles. The normalized spacial score (nSPS) is 11.6. The summed E-state index contributed by atoms with van der Waals surface area (Å²) in [6.45, 7) is 0. The molecule has 0 aliphatic rings. The fourth-order valence-corrected chi connectivity index (χ4v) is 3.86. The van der Waals surface area contributed by atoms with E-state index >= 15 is 0 Å². The molecule has 1 atom stereocenters. The Bertz CT molecular complexity index is 975. The third kappa shape index (κ3) is 5.12. The molecule has 0 aliphatic heterocycles.